The summed E-state index contributed by atoms with van der Waals surface area (Å²) in [6, 6.07) is 0. The molecule has 0 aromatic rings. The van der Waals surface area contributed by atoms with Crippen LogP contribution in [0.1, 0.15) is 12.8 Å². The van der Waals surface area contributed by atoms with E-state index in [0.717, 1.165) is 12.8 Å². The van der Waals surface area contributed by atoms with Gasteiger partial charge in [0, 0.05) is 19.6 Å². The lowest BCUT2D eigenvalue weighted by molar-refractivity contribution is 0.563. The third kappa shape index (κ3) is 5.77. The Morgan fingerprint density at radius 2 is 1.82 bits per heavy atom. The smallest absolute Gasteiger partial charge is 0.215 e. The maximum Gasteiger partial charge on any atom is 0.215 e. The van der Waals surface area contributed by atoms with Gasteiger partial charge in [-0.3, -0.25) is 0 Å². The van der Waals surface area contributed by atoms with Crippen LogP contribution in [0.3, 0.4) is 0 Å². The van der Waals surface area contributed by atoms with E-state index < -0.39 is 20.0 Å². The van der Waals surface area contributed by atoms with E-state index in [1.807, 2.05) is 0 Å². The van der Waals surface area contributed by atoms with Gasteiger partial charge in [-0.15, -0.1) is 0 Å². The fraction of sp³-hybridized carbons (Fsp3) is 1.00. The summed E-state index contributed by atoms with van der Waals surface area (Å²) in [6.45, 7) is 1.70. The zero-order valence-electron chi connectivity index (χ0n) is 9.77. The molecule has 9 heteroatoms. The van der Waals surface area contributed by atoms with Gasteiger partial charge in [-0.1, -0.05) is 0 Å². The van der Waals surface area contributed by atoms with Crippen LogP contribution in [0.5, 0.6) is 0 Å². The van der Waals surface area contributed by atoms with Gasteiger partial charge >= 0.3 is 0 Å². The van der Waals surface area contributed by atoms with Crippen LogP contribution in [0.25, 0.3) is 0 Å². The van der Waals surface area contributed by atoms with Gasteiger partial charge < -0.3 is 5.32 Å². The van der Waals surface area contributed by atoms with Gasteiger partial charge in [-0.05, 0) is 19.4 Å². The Hall–Kier alpha value is -0.220. The van der Waals surface area contributed by atoms with E-state index in [1.165, 1.54) is 0 Å². The van der Waals surface area contributed by atoms with Crippen LogP contribution in [-0.2, 0) is 20.0 Å². The van der Waals surface area contributed by atoms with E-state index in [4.69, 9.17) is 0 Å². The van der Waals surface area contributed by atoms with Gasteiger partial charge in [-0.25, -0.2) is 26.3 Å². The molecule has 1 rings (SSSR count). The lowest BCUT2D eigenvalue weighted by Crippen LogP contribution is -2.37. The lowest BCUT2D eigenvalue weighted by atomic mass is 10.4. The predicted octanol–water partition coefficient (Wildman–Crippen LogP) is -1.79. The van der Waals surface area contributed by atoms with Gasteiger partial charge in [0.2, 0.25) is 20.0 Å². The zero-order valence-corrected chi connectivity index (χ0v) is 11.4. The van der Waals surface area contributed by atoms with E-state index in [9.17, 15) is 16.8 Å². The molecule has 0 radical (unpaired) electrons. The minimum atomic E-state index is -3.27. The second kappa shape index (κ2) is 6.10. The maximum atomic E-state index is 11.7. The normalized spacial score (nSPS) is 21.8. The monoisotopic (exact) mass is 285 g/mol. The lowest BCUT2D eigenvalue weighted by Gasteiger charge is -2.11. The van der Waals surface area contributed by atoms with Gasteiger partial charge in [0.05, 0.1) is 11.5 Å². The Morgan fingerprint density at radius 3 is 2.35 bits per heavy atom. The Kier molecular flexibility index (Phi) is 5.32. The number of rotatable bonds is 7. The van der Waals surface area contributed by atoms with Crippen molar-refractivity contribution < 1.29 is 16.8 Å². The number of nitrogens with one attached hydrogen (secondary N) is 3. The third-order valence-corrected chi connectivity index (χ3v) is 5.09. The largest absolute Gasteiger partial charge is 0.315 e. The first-order chi connectivity index (χ1) is 7.81. The Bertz CT molecular complexity index is 426. The van der Waals surface area contributed by atoms with Crippen LogP contribution < -0.4 is 14.8 Å². The molecule has 1 unspecified atom stereocenters. The van der Waals surface area contributed by atoms with Gasteiger partial charge in [0.15, 0.2) is 0 Å². The van der Waals surface area contributed by atoms with Crippen LogP contribution in [0.15, 0.2) is 0 Å². The topological polar surface area (TPSA) is 104 Å². The highest BCUT2D eigenvalue weighted by Gasteiger charge is 2.27. The van der Waals surface area contributed by atoms with Crippen molar-refractivity contribution in [3.63, 3.8) is 0 Å². The highest BCUT2D eigenvalue weighted by atomic mass is 32.2. The SMILES string of the molecule is CS(=O)(=O)NCCCNS(=O)(=O)C1CCNC1. The van der Waals surface area contributed by atoms with E-state index in [-0.39, 0.29) is 18.3 Å². The van der Waals surface area contributed by atoms with Crippen molar-refractivity contribution in [2.45, 2.75) is 18.1 Å². The molecular weight excluding hydrogens is 266 g/mol. The van der Waals surface area contributed by atoms with Crippen molar-refractivity contribution in [2.24, 2.45) is 0 Å². The van der Waals surface area contributed by atoms with E-state index in [2.05, 4.69) is 14.8 Å². The molecule has 1 aliphatic heterocycles. The standard InChI is InChI=1S/C8H19N3O4S2/c1-16(12,13)10-4-2-5-11-17(14,15)8-3-6-9-7-8/h8-11H,2-7H2,1H3. The summed E-state index contributed by atoms with van der Waals surface area (Å²) < 4.78 is 49.7. The predicted molar refractivity (Wildman–Crippen MR) is 65.7 cm³/mol. The second-order valence-electron chi connectivity index (χ2n) is 4.07. The van der Waals surface area contributed by atoms with Crippen molar-refractivity contribution in [1.82, 2.24) is 14.8 Å². The molecule has 0 amide bonds. The first-order valence-corrected chi connectivity index (χ1v) is 8.89. The Morgan fingerprint density at radius 1 is 1.18 bits per heavy atom. The van der Waals surface area contributed by atoms with E-state index >= 15 is 0 Å². The Labute approximate surface area is 102 Å². The summed E-state index contributed by atoms with van der Waals surface area (Å²) in [5.74, 6) is 0. The first kappa shape index (κ1) is 14.8. The van der Waals surface area contributed by atoms with Crippen molar-refractivity contribution in [1.29, 1.82) is 0 Å². The highest BCUT2D eigenvalue weighted by Crippen LogP contribution is 2.07. The minimum Gasteiger partial charge on any atom is -0.315 e. The molecule has 1 atom stereocenters. The molecule has 102 valence electrons. The zero-order chi connectivity index (χ0) is 12.9. The molecule has 0 bridgehead atoms. The number of sulfonamides is 2. The van der Waals surface area contributed by atoms with Gasteiger partial charge in [0.25, 0.3) is 0 Å². The molecule has 0 aromatic heterocycles. The fourth-order valence-electron chi connectivity index (χ4n) is 1.57. The molecule has 0 saturated carbocycles. The molecule has 1 aliphatic rings. The molecule has 1 saturated heterocycles. The number of hydrogen-bond donors (Lipinski definition) is 3. The summed E-state index contributed by atoms with van der Waals surface area (Å²) in [5.41, 5.74) is 0. The molecule has 7 nitrogen and oxygen atoms in total. The average molecular weight is 285 g/mol. The molecule has 1 fully saturated rings. The second-order valence-corrected chi connectivity index (χ2v) is 7.95. The molecule has 0 spiro atoms. The van der Waals surface area contributed by atoms with Crippen LogP contribution in [0.2, 0.25) is 0 Å². The molecule has 0 aromatic carbocycles. The van der Waals surface area contributed by atoms with Crippen LogP contribution in [-0.4, -0.2) is 54.5 Å². The van der Waals surface area contributed by atoms with Gasteiger partial charge in [-0.2, -0.15) is 0 Å². The van der Waals surface area contributed by atoms with Crippen molar-refractivity contribution in [3.05, 3.63) is 0 Å². The molecule has 0 aliphatic carbocycles. The van der Waals surface area contributed by atoms with Crippen LogP contribution >= 0.6 is 0 Å². The van der Waals surface area contributed by atoms with E-state index in [1.54, 1.807) is 0 Å². The van der Waals surface area contributed by atoms with Crippen molar-refractivity contribution in [3.8, 4) is 0 Å². The third-order valence-electron chi connectivity index (χ3n) is 2.47. The van der Waals surface area contributed by atoms with Crippen molar-refractivity contribution in [2.75, 3.05) is 32.4 Å². The molecular formula is C8H19N3O4S2. The first-order valence-electron chi connectivity index (χ1n) is 5.45. The Balaban J connectivity index is 2.22. The highest BCUT2D eigenvalue weighted by molar-refractivity contribution is 7.90. The van der Waals surface area contributed by atoms with Gasteiger partial charge in [0.1, 0.15) is 0 Å². The molecule has 1 heterocycles. The maximum absolute atomic E-state index is 11.7. The summed E-state index contributed by atoms with van der Waals surface area (Å²) in [5, 5.41) is 2.62. The summed E-state index contributed by atoms with van der Waals surface area (Å²) >= 11 is 0. The minimum absolute atomic E-state index is 0.240. The number of hydrogen-bond acceptors (Lipinski definition) is 5. The fourth-order valence-corrected chi connectivity index (χ4v) is 3.52. The molecule has 17 heavy (non-hydrogen) atoms. The average Bonchev–Trinajstić information content (AvgIpc) is 2.68. The van der Waals surface area contributed by atoms with Crippen LogP contribution in [0.4, 0.5) is 0 Å². The molecule has 3 N–H and O–H groups in total. The quantitative estimate of drug-likeness (QED) is 0.479. The van der Waals surface area contributed by atoms with Crippen molar-refractivity contribution >= 4 is 20.0 Å². The summed E-state index contributed by atoms with van der Waals surface area (Å²) in [7, 11) is -6.46. The summed E-state index contributed by atoms with van der Waals surface area (Å²) in [6.07, 6.45) is 2.13. The van der Waals surface area contributed by atoms with Crippen LogP contribution in [0, 0.1) is 0 Å². The summed E-state index contributed by atoms with van der Waals surface area (Å²) in [4.78, 5) is 0. The van der Waals surface area contributed by atoms with E-state index in [0.29, 0.717) is 19.4 Å².